The maximum Gasteiger partial charge on any atom is 0.193 e. The highest BCUT2D eigenvalue weighted by Crippen LogP contribution is 2.21. The van der Waals surface area contributed by atoms with Crippen LogP contribution in [0, 0.1) is 12.4 Å². The van der Waals surface area contributed by atoms with Crippen molar-refractivity contribution in [2.75, 3.05) is 0 Å². The lowest BCUT2D eigenvalue weighted by molar-refractivity contribution is 0.613. The first kappa shape index (κ1) is 7.74. The van der Waals surface area contributed by atoms with Gasteiger partial charge in [0.1, 0.15) is 5.82 Å². The standard InChI is InChI=1S/C9H8FN/c1-3-7-8(10)5-4-6-9(7)11-2/h4-6H,3H2,1H3. The largest absolute Gasteiger partial charge is 0.238 e. The minimum atomic E-state index is -0.277. The van der Waals surface area contributed by atoms with Crippen LogP contribution in [-0.4, -0.2) is 0 Å². The Morgan fingerprint density at radius 2 is 2.27 bits per heavy atom. The number of nitrogens with zero attached hydrogens (tertiary/aromatic N) is 1. The molecule has 0 bridgehead atoms. The highest BCUT2D eigenvalue weighted by molar-refractivity contribution is 5.52. The summed E-state index contributed by atoms with van der Waals surface area (Å²) in [6, 6.07) is 4.57. The summed E-state index contributed by atoms with van der Waals surface area (Å²) in [6.07, 6.45) is 0.574. The molecule has 1 aromatic rings. The second kappa shape index (κ2) is 3.16. The third kappa shape index (κ3) is 1.38. The normalized spacial score (nSPS) is 9.18. The zero-order chi connectivity index (χ0) is 8.27. The smallest absolute Gasteiger partial charge is 0.193 e. The summed E-state index contributed by atoms with van der Waals surface area (Å²) >= 11 is 0. The molecule has 56 valence electrons. The molecule has 0 aromatic heterocycles. The zero-order valence-electron chi connectivity index (χ0n) is 6.26. The fraction of sp³-hybridized carbons (Fsp3) is 0.222. The van der Waals surface area contributed by atoms with Gasteiger partial charge < -0.3 is 0 Å². The van der Waals surface area contributed by atoms with Crippen LogP contribution >= 0.6 is 0 Å². The number of hydrogen-bond donors (Lipinski definition) is 0. The average Bonchev–Trinajstić information content (AvgIpc) is 2.04. The van der Waals surface area contributed by atoms with E-state index >= 15 is 0 Å². The molecule has 1 rings (SSSR count). The summed E-state index contributed by atoms with van der Waals surface area (Å²) in [5, 5.41) is 0. The molecule has 0 saturated carbocycles. The molecule has 0 aliphatic heterocycles. The van der Waals surface area contributed by atoms with Crippen molar-refractivity contribution in [2.45, 2.75) is 13.3 Å². The fourth-order valence-electron chi connectivity index (χ4n) is 1.00. The van der Waals surface area contributed by atoms with E-state index in [4.69, 9.17) is 6.57 Å². The first-order valence-electron chi connectivity index (χ1n) is 3.44. The van der Waals surface area contributed by atoms with Gasteiger partial charge in [0.25, 0.3) is 0 Å². The molecule has 0 heterocycles. The van der Waals surface area contributed by atoms with E-state index in [9.17, 15) is 4.39 Å². The van der Waals surface area contributed by atoms with Crippen molar-refractivity contribution in [3.8, 4) is 0 Å². The molecule has 1 nitrogen and oxygen atoms in total. The summed E-state index contributed by atoms with van der Waals surface area (Å²) in [7, 11) is 0. The van der Waals surface area contributed by atoms with Gasteiger partial charge in [0, 0.05) is 0 Å². The molecule has 0 radical (unpaired) electrons. The van der Waals surface area contributed by atoms with Crippen LogP contribution in [0.4, 0.5) is 10.1 Å². The third-order valence-electron chi connectivity index (χ3n) is 1.57. The van der Waals surface area contributed by atoms with Gasteiger partial charge in [-0.2, -0.15) is 0 Å². The van der Waals surface area contributed by atoms with Crippen LogP contribution in [0.5, 0.6) is 0 Å². The lowest BCUT2D eigenvalue weighted by Crippen LogP contribution is -1.85. The number of hydrogen-bond acceptors (Lipinski definition) is 0. The van der Waals surface area contributed by atoms with E-state index in [0.29, 0.717) is 17.7 Å². The summed E-state index contributed by atoms with van der Waals surface area (Å²) in [5.41, 5.74) is 0.940. The van der Waals surface area contributed by atoms with Gasteiger partial charge in [-0.1, -0.05) is 19.1 Å². The topological polar surface area (TPSA) is 4.36 Å². The van der Waals surface area contributed by atoms with Crippen molar-refractivity contribution < 1.29 is 4.39 Å². The van der Waals surface area contributed by atoms with E-state index in [1.165, 1.54) is 6.07 Å². The molecule has 0 aliphatic rings. The van der Waals surface area contributed by atoms with Gasteiger partial charge in [-0.05, 0) is 18.1 Å². The number of rotatable bonds is 1. The molecule has 2 heteroatoms. The number of halogens is 1. The van der Waals surface area contributed by atoms with Crippen molar-refractivity contribution in [3.05, 3.63) is 41.0 Å². The molecule has 11 heavy (non-hydrogen) atoms. The molecule has 0 atom stereocenters. The molecule has 0 aliphatic carbocycles. The van der Waals surface area contributed by atoms with Gasteiger partial charge in [0.15, 0.2) is 5.69 Å². The van der Waals surface area contributed by atoms with Crippen molar-refractivity contribution in [1.29, 1.82) is 0 Å². The number of benzene rings is 1. The van der Waals surface area contributed by atoms with E-state index in [-0.39, 0.29) is 5.82 Å². The van der Waals surface area contributed by atoms with E-state index in [1.807, 2.05) is 6.92 Å². The van der Waals surface area contributed by atoms with Gasteiger partial charge in [-0.3, -0.25) is 0 Å². The van der Waals surface area contributed by atoms with Crippen molar-refractivity contribution in [2.24, 2.45) is 0 Å². The quantitative estimate of drug-likeness (QED) is 0.541. The van der Waals surface area contributed by atoms with Gasteiger partial charge in [-0.15, -0.1) is 0 Å². The van der Waals surface area contributed by atoms with E-state index in [0.717, 1.165) is 0 Å². The lowest BCUT2D eigenvalue weighted by Gasteiger charge is -1.99. The maximum atomic E-state index is 12.9. The Kier molecular flexibility index (Phi) is 2.22. The average molecular weight is 149 g/mol. The molecule has 0 unspecified atom stereocenters. The summed E-state index contributed by atoms with van der Waals surface area (Å²) in [6.45, 7) is 8.58. The van der Waals surface area contributed by atoms with E-state index in [2.05, 4.69) is 4.85 Å². The van der Waals surface area contributed by atoms with Crippen LogP contribution in [0.1, 0.15) is 12.5 Å². The van der Waals surface area contributed by atoms with Crippen LogP contribution < -0.4 is 0 Å². The highest BCUT2D eigenvalue weighted by Gasteiger charge is 2.04. The van der Waals surface area contributed by atoms with Gasteiger partial charge in [-0.25, -0.2) is 9.24 Å². The molecule has 0 spiro atoms. The first-order valence-corrected chi connectivity index (χ1v) is 3.44. The Bertz CT molecular complexity index is 299. The minimum Gasteiger partial charge on any atom is -0.238 e. The Morgan fingerprint density at radius 1 is 1.55 bits per heavy atom. The molecule has 1 aromatic carbocycles. The summed E-state index contributed by atoms with van der Waals surface area (Å²) in [4.78, 5) is 3.21. The maximum absolute atomic E-state index is 12.9. The monoisotopic (exact) mass is 149 g/mol. The Balaban J connectivity index is 3.27. The Hall–Kier alpha value is -1.36. The third-order valence-corrected chi connectivity index (χ3v) is 1.57. The second-order valence-electron chi connectivity index (χ2n) is 2.20. The molecule has 0 amide bonds. The molecule has 0 fully saturated rings. The lowest BCUT2D eigenvalue weighted by atomic mass is 10.1. The van der Waals surface area contributed by atoms with Crippen LogP contribution in [0.25, 0.3) is 4.85 Å². The minimum absolute atomic E-state index is 0.277. The van der Waals surface area contributed by atoms with Gasteiger partial charge >= 0.3 is 0 Å². The van der Waals surface area contributed by atoms with E-state index in [1.54, 1.807) is 12.1 Å². The Labute approximate surface area is 65.3 Å². The van der Waals surface area contributed by atoms with Crippen LogP contribution in [-0.2, 0) is 6.42 Å². The van der Waals surface area contributed by atoms with Crippen LogP contribution in [0.2, 0.25) is 0 Å². The Morgan fingerprint density at radius 3 is 2.73 bits per heavy atom. The SMILES string of the molecule is [C-]#[N+]c1cccc(F)c1CC. The molecule has 0 saturated heterocycles. The van der Waals surface area contributed by atoms with Crippen molar-refractivity contribution in [1.82, 2.24) is 0 Å². The zero-order valence-corrected chi connectivity index (χ0v) is 6.26. The van der Waals surface area contributed by atoms with Crippen LogP contribution in [0.15, 0.2) is 18.2 Å². The summed E-state index contributed by atoms with van der Waals surface area (Å²) < 4.78 is 12.9. The molecule has 0 N–H and O–H groups in total. The fourth-order valence-corrected chi connectivity index (χ4v) is 1.00. The summed E-state index contributed by atoms with van der Waals surface area (Å²) in [5.74, 6) is -0.277. The molecular formula is C9H8FN. The van der Waals surface area contributed by atoms with E-state index < -0.39 is 0 Å². The van der Waals surface area contributed by atoms with Crippen molar-refractivity contribution >= 4 is 5.69 Å². The van der Waals surface area contributed by atoms with Gasteiger partial charge in [0.2, 0.25) is 0 Å². The molecular weight excluding hydrogens is 141 g/mol. The second-order valence-corrected chi connectivity index (χ2v) is 2.20. The van der Waals surface area contributed by atoms with Gasteiger partial charge in [0.05, 0.1) is 6.57 Å². The van der Waals surface area contributed by atoms with Crippen molar-refractivity contribution in [3.63, 3.8) is 0 Å². The predicted molar refractivity (Wildman–Crippen MR) is 42.0 cm³/mol. The predicted octanol–water partition coefficient (Wildman–Crippen LogP) is 2.94. The highest BCUT2D eigenvalue weighted by atomic mass is 19.1. The first-order chi connectivity index (χ1) is 5.29. The van der Waals surface area contributed by atoms with Crippen LogP contribution in [0.3, 0.4) is 0 Å².